The van der Waals surface area contributed by atoms with Crippen molar-refractivity contribution in [1.29, 1.82) is 0 Å². The summed E-state index contributed by atoms with van der Waals surface area (Å²) in [6.45, 7) is 15.5. The van der Waals surface area contributed by atoms with Crippen LogP contribution in [-0.4, -0.2) is 36.6 Å². The standard InChI is InChI=1S/C17H32N2/c1-15(13-18-16(2,3)4)14-19-11-9-17(10-12-19)7-5-6-8-17/h18H,1,5-14H2,2-4H3. The third kappa shape index (κ3) is 4.61. The van der Waals surface area contributed by atoms with Gasteiger partial charge in [0.25, 0.3) is 0 Å². The van der Waals surface area contributed by atoms with Crippen LogP contribution < -0.4 is 5.32 Å². The molecule has 2 rings (SSSR count). The maximum absolute atomic E-state index is 4.24. The average molecular weight is 264 g/mol. The maximum Gasteiger partial charge on any atom is 0.0202 e. The summed E-state index contributed by atoms with van der Waals surface area (Å²) in [5.41, 5.74) is 2.26. The van der Waals surface area contributed by atoms with Gasteiger partial charge in [0.15, 0.2) is 0 Å². The Morgan fingerprint density at radius 1 is 1.11 bits per heavy atom. The van der Waals surface area contributed by atoms with Gasteiger partial charge in [-0.15, -0.1) is 0 Å². The number of nitrogens with zero attached hydrogens (tertiary/aromatic N) is 1. The Morgan fingerprint density at radius 2 is 1.68 bits per heavy atom. The van der Waals surface area contributed by atoms with Gasteiger partial charge in [0, 0.05) is 18.6 Å². The smallest absolute Gasteiger partial charge is 0.0202 e. The van der Waals surface area contributed by atoms with E-state index in [1.165, 1.54) is 57.2 Å². The fraction of sp³-hybridized carbons (Fsp3) is 0.882. The van der Waals surface area contributed by atoms with Gasteiger partial charge in [-0.1, -0.05) is 19.4 Å². The normalized spacial score (nSPS) is 23.9. The van der Waals surface area contributed by atoms with E-state index in [1.54, 1.807) is 0 Å². The molecule has 2 heteroatoms. The third-order valence-corrected chi connectivity index (χ3v) is 4.90. The molecular weight excluding hydrogens is 232 g/mol. The van der Waals surface area contributed by atoms with E-state index in [0.29, 0.717) is 0 Å². The molecule has 1 spiro atoms. The van der Waals surface area contributed by atoms with Gasteiger partial charge in [-0.3, -0.25) is 4.90 Å². The molecule has 0 bridgehead atoms. The molecule has 0 aromatic rings. The van der Waals surface area contributed by atoms with Gasteiger partial charge in [0.05, 0.1) is 0 Å². The topological polar surface area (TPSA) is 15.3 Å². The molecule has 1 aliphatic heterocycles. The van der Waals surface area contributed by atoms with Crippen LogP contribution in [0.1, 0.15) is 59.3 Å². The molecule has 0 unspecified atom stereocenters. The molecule has 1 N–H and O–H groups in total. The summed E-state index contributed by atoms with van der Waals surface area (Å²) in [4.78, 5) is 2.61. The van der Waals surface area contributed by atoms with Crippen molar-refractivity contribution in [2.24, 2.45) is 5.41 Å². The van der Waals surface area contributed by atoms with E-state index in [1.807, 2.05) is 0 Å². The number of rotatable bonds is 4. The molecule has 0 radical (unpaired) electrons. The SMILES string of the molecule is C=C(CNC(C)(C)C)CN1CCC2(CCCC2)CC1. The van der Waals surface area contributed by atoms with E-state index in [0.717, 1.165) is 18.5 Å². The van der Waals surface area contributed by atoms with E-state index < -0.39 is 0 Å². The van der Waals surface area contributed by atoms with Gasteiger partial charge in [-0.25, -0.2) is 0 Å². The van der Waals surface area contributed by atoms with E-state index in [9.17, 15) is 0 Å². The van der Waals surface area contributed by atoms with Gasteiger partial charge in [-0.05, 0) is 70.5 Å². The summed E-state index contributed by atoms with van der Waals surface area (Å²) >= 11 is 0. The Morgan fingerprint density at radius 3 is 2.21 bits per heavy atom. The lowest BCUT2D eigenvalue weighted by Gasteiger charge is -2.39. The molecule has 2 fully saturated rings. The highest BCUT2D eigenvalue weighted by Gasteiger charge is 2.36. The van der Waals surface area contributed by atoms with Crippen LogP contribution in [0, 0.1) is 5.41 Å². The van der Waals surface area contributed by atoms with Gasteiger partial charge in [-0.2, -0.15) is 0 Å². The third-order valence-electron chi connectivity index (χ3n) is 4.90. The first-order valence-electron chi connectivity index (χ1n) is 8.03. The molecule has 1 saturated heterocycles. The number of hydrogen-bond donors (Lipinski definition) is 1. The molecule has 1 saturated carbocycles. The highest BCUT2D eigenvalue weighted by atomic mass is 15.1. The zero-order valence-electron chi connectivity index (χ0n) is 13.2. The van der Waals surface area contributed by atoms with Crippen molar-refractivity contribution in [3.63, 3.8) is 0 Å². The molecule has 19 heavy (non-hydrogen) atoms. The largest absolute Gasteiger partial charge is 0.308 e. The fourth-order valence-corrected chi connectivity index (χ4v) is 3.57. The van der Waals surface area contributed by atoms with Gasteiger partial charge < -0.3 is 5.32 Å². The molecule has 0 aromatic carbocycles. The first-order valence-corrected chi connectivity index (χ1v) is 8.03. The molecule has 110 valence electrons. The Bertz CT molecular complexity index is 298. The van der Waals surface area contributed by atoms with Gasteiger partial charge in [0.2, 0.25) is 0 Å². The molecule has 1 aliphatic carbocycles. The second kappa shape index (κ2) is 5.97. The van der Waals surface area contributed by atoms with Crippen molar-refractivity contribution in [2.75, 3.05) is 26.2 Å². The minimum atomic E-state index is 0.193. The van der Waals surface area contributed by atoms with E-state index in [4.69, 9.17) is 0 Å². The van der Waals surface area contributed by atoms with Crippen molar-refractivity contribution in [1.82, 2.24) is 10.2 Å². The Balaban J connectivity index is 1.69. The van der Waals surface area contributed by atoms with Crippen LogP contribution in [0.25, 0.3) is 0 Å². The zero-order chi connectivity index (χ0) is 13.9. The highest BCUT2D eigenvalue weighted by Crippen LogP contribution is 2.46. The first-order chi connectivity index (χ1) is 8.89. The quantitative estimate of drug-likeness (QED) is 0.781. The minimum absolute atomic E-state index is 0.193. The molecule has 2 nitrogen and oxygen atoms in total. The van der Waals surface area contributed by atoms with Gasteiger partial charge in [0.1, 0.15) is 0 Å². The van der Waals surface area contributed by atoms with E-state index in [-0.39, 0.29) is 5.54 Å². The van der Waals surface area contributed by atoms with E-state index in [2.05, 4.69) is 37.6 Å². The van der Waals surface area contributed by atoms with Crippen molar-refractivity contribution in [2.45, 2.75) is 64.8 Å². The lowest BCUT2D eigenvalue weighted by atomic mass is 9.77. The van der Waals surface area contributed by atoms with Crippen LogP contribution in [-0.2, 0) is 0 Å². The van der Waals surface area contributed by atoms with Crippen LogP contribution in [0.3, 0.4) is 0 Å². The van der Waals surface area contributed by atoms with Crippen molar-refractivity contribution in [3.8, 4) is 0 Å². The monoisotopic (exact) mass is 264 g/mol. The zero-order valence-corrected chi connectivity index (χ0v) is 13.2. The van der Waals surface area contributed by atoms with E-state index >= 15 is 0 Å². The fourth-order valence-electron chi connectivity index (χ4n) is 3.57. The van der Waals surface area contributed by atoms with Crippen LogP contribution >= 0.6 is 0 Å². The molecule has 0 atom stereocenters. The second-order valence-corrected chi connectivity index (χ2v) is 7.84. The second-order valence-electron chi connectivity index (χ2n) is 7.84. The summed E-state index contributed by atoms with van der Waals surface area (Å²) in [6.07, 6.45) is 8.78. The number of likely N-dealkylation sites (tertiary alicyclic amines) is 1. The highest BCUT2D eigenvalue weighted by molar-refractivity contribution is 5.02. The van der Waals surface area contributed by atoms with Crippen LogP contribution in [0.5, 0.6) is 0 Å². The lowest BCUT2D eigenvalue weighted by Crippen LogP contribution is -2.42. The number of nitrogens with one attached hydrogen (secondary N) is 1. The first kappa shape index (κ1) is 15.1. The summed E-state index contributed by atoms with van der Waals surface area (Å²) < 4.78 is 0. The molecule has 0 amide bonds. The van der Waals surface area contributed by atoms with Crippen molar-refractivity contribution < 1.29 is 0 Å². The minimum Gasteiger partial charge on any atom is -0.308 e. The Hall–Kier alpha value is -0.340. The van der Waals surface area contributed by atoms with Crippen molar-refractivity contribution in [3.05, 3.63) is 12.2 Å². The van der Waals surface area contributed by atoms with Crippen LogP contribution in [0.15, 0.2) is 12.2 Å². The summed E-state index contributed by atoms with van der Waals surface area (Å²) in [5, 5.41) is 3.53. The molecule has 2 aliphatic rings. The Labute approximate surface area is 119 Å². The molecular formula is C17H32N2. The number of piperidine rings is 1. The van der Waals surface area contributed by atoms with Crippen LogP contribution in [0.4, 0.5) is 0 Å². The van der Waals surface area contributed by atoms with Crippen molar-refractivity contribution >= 4 is 0 Å². The average Bonchev–Trinajstić information content (AvgIpc) is 2.78. The van der Waals surface area contributed by atoms with Crippen LogP contribution in [0.2, 0.25) is 0 Å². The predicted molar refractivity (Wildman–Crippen MR) is 83.5 cm³/mol. The summed E-state index contributed by atoms with van der Waals surface area (Å²) in [5.74, 6) is 0. The molecule has 1 heterocycles. The molecule has 0 aromatic heterocycles. The van der Waals surface area contributed by atoms with Gasteiger partial charge >= 0.3 is 0 Å². The predicted octanol–water partition coefficient (Wildman–Crippen LogP) is 3.59. The summed E-state index contributed by atoms with van der Waals surface area (Å²) in [7, 11) is 0. The Kier molecular flexibility index (Phi) is 4.73. The number of hydrogen-bond acceptors (Lipinski definition) is 2. The maximum atomic E-state index is 4.24. The summed E-state index contributed by atoms with van der Waals surface area (Å²) in [6, 6.07) is 0. The lowest BCUT2D eigenvalue weighted by molar-refractivity contribution is 0.115.